The van der Waals surface area contributed by atoms with E-state index in [-0.39, 0.29) is 0 Å². The number of ketones is 1. The van der Waals surface area contributed by atoms with Gasteiger partial charge >= 0.3 is 0 Å². The van der Waals surface area contributed by atoms with Gasteiger partial charge in [-0.3, -0.25) is 4.79 Å². The Morgan fingerprint density at radius 1 is 1.19 bits per heavy atom. The highest BCUT2D eigenvalue weighted by molar-refractivity contribution is 5.98. The average Bonchev–Trinajstić information content (AvgIpc) is 2.28. The Balaban J connectivity index is 2.84. The molecular formula is C15H24O. The summed E-state index contributed by atoms with van der Waals surface area (Å²) < 4.78 is 0. The van der Waals surface area contributed by atoms with Crippen LogP contribution in [0.4, 0.5) is 0 Å². The molecular weight excluding hydrogens is 196 g/mol. The zero-order valence-corrected chi connectivity index (χ0v) is 10.9. The highest BCUT2D eigenvalue weighted by Gasteiger charge is 2.20. The maximum absolute atomic E-state index is 11.8. The van der Waals surface area contributed by atoms with E-state index in [1.165, 1.54) is 17.6 Å². The smallest absolute Gasteiger partial charge is 0.159 e. The van der Waals surface area contributed by atoms with Gasteiger partial charge in [-0.05, 0) is 49.3 Å². The highest BCUT2D eigenvalue weighted by Crippen LogP contribution is 2.30. The summed E-state index contributed by atoms with van der Waals surface area (Å²) in [6.45, 7) is 6.50. The van der Waals surface area contributed by atoms with Gasteiger partial charge in [0.25, 0.3) is 0 Å². The van der Waals surface area contributed by atoms with Crippen LogP contribution in [0.3, 0.4) is 0 Å². The van der Waals surface area contributed by atoms with Crippen molar-refractivity contribution < 1.29 is 4.79 Å². The first-order valence-corrected chi connectivity index (χ1v) is 6.63. The number of Topliss-reactive ketones (excluding diaryl/α,β-unsaturated/α-hetero) is 1. The number of hydrogen-bond acceptors (Lipinski definition) is 1. The summed E-state index contributed by atoms with van der Waals surface area (Å²) in [4.78, 5) is 11.8. The second kappa shape index (κ2) is 6.67. The summed E-state index contributed by atoms with van der Waals surface area (Å²) in [6.07, 6.45) is 9.62. The lowest BCUT2D eigenvalue weighted by Crippen LogP contribution is -2.12. The summed E-state index contributed by atoms with van der Waals surface area (Å²) in [5.41, 5.74) is 3.81. The molecule has 1 heteroatoms. The number of carbonyl (C=O) groups excluding carboxylic acids is 1. The standard InChI is InChI=1S/C15H24O/c1-4-6-8-13-10-11-15(16)14(12(13)3)9-7-5-2/h8H,4-7,9-11H2,1-3H3. The number of rotatable bonds is 5. The van der Waals surface area contributed by atoms with Crippen molar-refractivity contribution in [2.75, 3.05) is 0 Å². The third-order valence-electron chi connectivity index (χ3n) is 3.35. The summed E-state index contributed by atoms with van der Waals surface area (Å²) in [5.74, 6) is 0.389. The first-order chi connectivity index (χ1) is 7.70. The van der Waals surface area contributed by atoms with E-state index < -0.39 is 0 Å². The van der Waals surface area contributed by atoms with Gasteiger partial charge in [0.2, 0.25) is 0 Å². The van der Waals surface area contributed by atoms with E-state index in [2.05, 4.69) is 26.8 Å². The van der Waals surface area contributed by atoms with Gasteiger partial charge in [0.1, 0.15) is 0 Å². The monoisotopic (exact) mass is 220 g/mol. The zero-order valence-electron chi connectivity index (χ0n) is 10.9. The predicted molar refractivity (Wildman–Crippen MR) is 69.5 cm³/mol. The molecule has 0 saturated carbocycles. The van der Waals surface area contributed by atoms with E-state index in [1.807, 2.05) is 0 Å². The Kier molecular flexibility index (Phi) is 5.51. The second-order valence-electron chi connectivity index (χ2n) is 4.65. The largest absolute Gasteiger partial charge is 0.295 e. The predicted octanol–water partition coefficient (Wildman–Crippen LogP) is 4.58. The summed E-state index contributed by atoms with van der Waals surface area (Å²) in [7, 11) is 0. The topological polar surface area (TPSA) is 17.1 Å². The highest BCUT2D eigenvalue weighted by atomic mass is 16.1. The Morgan fingerprint density at radius 2 is 1.94 bits per heavy atom. The number of hydrogen-bond donors (Lipinski definition) is 0. The third kappa shape index (κ3) is 3.33. The molecule has 0 N–H and O–H groups in total. The summed E-state index contributed by atoms with van der Waals surface area (Å²) in [5, 5.41) is 0. The van der Waals surface area contributed by atoms with E-state index in [4.69, 9.17) is 0 Å². The van der Waals surface area contributed by atoms with Crippen LogP contribution >= 0.6 is 0 Å². The normalized spacial score (nSPS) is 19.7. The van der Waals surface area contributed by atoms with Gasteiger partial charge < -0.3 is 0 Å². The van der Waals surface area contributed by atoms with Crippen LogP contribution in [0.2, 0.25) is 0 Å². The molecule has 0 amide bonds. The number of allylic oxidation sites excluding steroid dienone is 4. The van der Waals surface area contributed by atoms with Crippen molar-refractivity contribution in [1.29, 1.82) is 0 Å². The van der Waals surface area contributed by atoms with Crippen LogP contribution in [0, 0.1) is 0 Å². The van der Waals surface area contributed by atoms with Crippen molar-refractivity contribution >= 4 is 5.78 Å². The molecule has 0 fully saturated rings. The van der Waals surface area contributed by atoms with Crippen LogP contribution < -0.4 is 0 Å². The van der Waals surface area contributed by atoms with Gasteiger partial charge in [0, 0.05) is 6.42 Å². The van der Waals surface area contributed by atoms with Crippen molar-refractivity contribution in [2.24, 2.45) is 0 Å². The van der Waals surface area contributed by atoms with Gasteiger partial charge in [-0.25, -0.2) is 0 Å². The molecule has 1 aliphatic rings. The van der Waals surface area contributed by atoms with Gasteiger partial charge in [-0.15, -0.1) is 0 Å². The number of unbranched alkanes of at least 4 members (excludes halogenated alkanes) is 2. The van der Waals surface area contributed by atoms with E-state index >= 15 is 0 Å². The minimum atomic E-state index is 0.389. The van der Waals surface area contributed by atoms with Crippen LogP contribution in [0.15, 0.2) is 22.8 Å². The van der Waals surface area contributed by atoms with Gasteiger partial charge in [0.05, 0.1) is 0 Å². The lowest BCUT2D eigenvalue weighted by molar-refractivity contribution is -0.116. The van der Waals surface area contributed by atoms with Gasteiger partial charge in [0.15, 0.2) is 5.78 Å². The Hall–Kier alpha value is -0.850. The van der Waals surface area contributed by atoms with Crippen molar-refractivity contribution in [3.8, 4) is 0 Å². The molecule has 0 heterocycles. The van der Waals surface area contributed by atoms with Crippen molar-refractivity contribution in [3.05, 3.63) is 22.8 Å². The van der Waals surface area contributed by atoms with E-state index in [1.54, 1.807) is 0 Å². The van der Waals surface area contributed by atoms with Gasteiger partial charge in [-0.1, -0.05) is 32.8 Å². The summed E-state index contributed by atoms with van der Waals surface area (Å²) in [6, 6.07) is 0. The van der Waals surface area contributed by atoms with Crippen molar-refractivity contribution in [2.45, 2.75) is 65.7 Å². The first kappa shape index (κ1) is 13.2. The van der Waals surface area contributed by atoms with Gasteiger partial charge in [-0.2, -0.15) is 0 Å². The molecule has 0 spiro atoms. The van der Waals surface area contributed by atoms with Crippen LogP contribution in [-0.4, -0.2) is 5.78 Å². The molecule has 0 radical (unpaired) electrons. The molecule has 90 valence electrons. The average molecular weight is 220 g/mol. The van der Waals surface area contributed by atoms with Crippen molar-refractivity contribution in [3.63, 3.8) is 0 Å². The fourth-order valence-corrected chi connectivity index (χ4v) is 2.24. The molecule has 0 aromatic heterocycles. The molecule has 1 aliphatic carbocycles. The maximum atomic E-state index is 11.8. The molecule has 16 heavy (non-hydrogen) atoms. The molecule has 0 bridgehead atoms. The van der Waals surface area contributed by atoms with E-state index in [0.29, 0.717) is 5.78 Å². The molecule has 0 aromatic carbocycles. The third-order valence-corrected chi connectivity index (χ3v) is 3.35. The van der Waals surface area contributed by atoms with Crippen LogP contribution in [0.25, 0.3) is 0 Å². The lowest BCUT2D eigenvalue weighted by Gasteiger charge is -2.20. The minimum Gasteiger partial charge on any atom is -0.295 e. The Bertz CT molecular complexity index is 307. The Labute approximate surface area is 99.6 Å². The molecule has 1 nitrogen and oxygen atoms in total. The molecule has 1 rings (SSSR count). The Morgan fingerprint density at radius 3 is 2.56 bits per heavy atom. The van der Waals surface area contributed by atoms with E-state index in [9.17, 15) is 4.79 Å². The molecule has 0 aliphatic heterocycles. The maximum Gasteiger partial charge on any atom is 0.159 e. The van der Waals surface area contributed by atoms with E-state index in [0.717, 1.165) is 44.1 Å². The molecule has 0 saturated heterocycles. The van der Waals surface area contributed by atoms with Crippen LogP contribution in [0.1, 0.15) is 65.7 Å². The second-order valence-corrected chi connectivity index (χ2v) is 4.65. The SMILES string of the molecule is CCCC=C1CCC(=O)C(CCCC)=C1C. The lowest BCUT2D eigenvalue weighted by atomic mass is 9.84. The molecule has 0 atom stereocenters. The minimum absolute atomic E-state index is 0.389. The number of carbonyl (C=O) groups is 1. The quantitative estimate of drug-likeness (QED) is 0.662. The molecule has 0 aromatic rings. The fourth-order valence-electron chi connectivity index (χ4n) is 2.24. The molecule has 0 unspecified atom stereocenters. The fraction of sp³-hybridized carbons (Fsp3) is 0.667. The summed E-state index contributed by atoms with van der Waals surface area (Å²) >= 11 is 0. The van der Waals surface area contributed by atoms with Crippen molar-refractivity contribution in [1.82, 2.24) is 0 Å². The zero-order chi connectivity index (χ0) is 12.0. The van der Waals surface area contributed by atoms with Crippen LogP contribution in [0.5, 0.6) is 0 Å². The van der Waals surface area contributed by atoms with Crippen LogP contribution in [-0.2, 0) is 4.79 Å². The first-order valence-electron chi connectivity index (χ1n) is 6.63.